The number of rotatable bonds is 4. The molecule has 0 spiro atoms. The molecular formula is C16H20N4O4S. The summed E-state index contributed by atoms with van der Waals surface area (Å²) >= 11 is 0. The van der Waals surface area contributed by atoms with E-state index in [4.69, 9.17) is 0 Å². The molecule has 8 nitrogen and oxygen atoms in total. The number of nitrogens with one attached hydrogen (secondary N) is 3. The van der Waals surface area contributed by atoms with E-state index in [9.17, 15) is 18.0 Å². The normalized spacial score (nSPS) is 18.7. The second-order valence-electron chi connectivity index (χ2n) is 5.94. The fraction of sp³-hybridized carbons (Fsp3) is 0.375. The van der Waals surface area contributed by atoms with Gasteiger partial charge in [0.15, 0.2) is 0 Å². The summed E-state index contributed by atoms with van der Waals surface area (Å²) in [4.78, 5) is 23.3. The minimum atomic E-state index is -3.48. The molecule has 0 bridgehead atoms. The first kappa shape index (κ1) is 17.4. The van der Waals surface area contributed by atoms with Gasteiger partial charge in [-0.15, -0.1) is 0 Å². The van der Waals surface area contributed by atoms with Crippen LogP contribution in [0.1, 0.15) is 25.7 Å². The molecule has 2 heterocycles. The Labute approximate surface area is 146 Å². The van der Waals surface area contributed by atoms with Crippen LogP contribution >= 0.6 is 0 Å². The molecule has 3 N–H and O–H groups in total. The molecule has 1 aromatic rings. The van der Waals surface area contributed by atoms with E-state index in [1.165, 1.54) is 22.5 Å². The molecule has 0 atom stereocenters. The second kappa shape index (κ2) is 7.24. The third-order valence-corrected chi connectivity index (χ3v) is 6.05. The quantitative estimate of drug-likeness (QED) is 0.729. The second-order valence-corrected chi connectivity index (χ2v) is 7.88. The first-order chi connectivity index (χ1) is 12.0. The molecule has 9 heteroatoms. The lowest BCUT2D eigenvalue weighted by Gasteiger charge is -2.25. The van der Waals surface area contributed by atoms with Gasteiger partial charge >= 0.3 is 0 Å². The molecule has 0 unspecified atom stereocenters. The van der Waals surface area contributed by atoms with Gasteiger partial charge < -0.3 is 5.32 Å². The zero-order chi connectivity index (χ0) is 17.9. The van der Waals surface area contributed by atoms with E-state index in [1.54, 1.807) is 12.1 Å². The van der Waals surface area contributed by atoms with Gasteiger partial charge in [0.05, 0.1) is 4.90 Å². The Morgan fingerprint density at radius 3 is 2.32 bits per heavy atom. The lowest BCUT2D eigenvalue weighted by molar-refractivity contribution is -0.121. The van der Waals surface area contributed by atoms with Crippen LogP contribution < -0.4 is 16.2 Å². The summed E-state index contributed by atoms with van der Waals surface area (Å²) in [7, 11) is -3.48. The molecule has 1 aromatic carbocycles. The number of piperidine rings is 1. The minimum absolute atomic E-state index is 0.128. The lowest BCUT2D eigenvalue weighted by atomic mass is 10.2. The Morgan fingerprint density at radius 2 is 1.72 bits per heavy atom. The van der Waals surface area contributed by atoms with Crippen molar-refractivity contribution >= 4 is 27.5 Å². The number of hydrazine groups is 1. The SMILES string of the molecule is O=C1CC=C(C(=O)Nc2ccc(S(=O)(=O)N3CCCCC3)cc2)NN1. The Kier molecular flexibility index (Phi) is 5.05. The first-order valence-corrected chi connectivity index (χ1v) is 9.57. The van der Waals surface area contributed by atoms with Gasteiger partial charge in [0, 0.05) is 25.2 Å². The van der Waals surface area contributed by atoms with Crippen LogP contribution in [0.15, 0.2) is 40.9 Å². The van der Waals surface area contributed by atoms with Gasteiger partial charge in [0.1, 0.15) is 5.70 Å². The van der Waals surface area contributed by atoms with Crippen molar-refractivity contribution in [3.63, 3.8) is 0 Å². The summed E-state index contributed by atoms with van der Waals surface area (Å²) in [5, 5.41) is 2.66. The molecule has 3 rings (SSSR count). The van der Waals surface area contributed by atoms with Crippen molar-refractivity contribution in [3.05, 3.63) is 36.0 Å². The highest BCUT2D eigenvalue weighted by molar-refractivity contribution is 7.89. The van der Waals surface area contributed by atoms with Crippen molar-refractivity contribution < 1.29 is 18.0 Å². The summed E-state index contributed by atoms with van der Waals surface area (Å²) in [5.41, 5.74) is 5.59. The lowest BCUT2D eigenvalue weighted by Crippen LogP contribution is -2.43. The van der Waals surface area contributed by atoms with E-state index in [0.717, 1.165) is 19.3 Å². The summed E-state index contributed by atoms with van der Waals surface area (Å²) in [6.45, 7) is 1.10. The molecular weight excluding hydrogens is 344 g/mol. The van der Waals surface area contributed by atoms with Crippen molar-refractivity contribution in [1.29, 1.82) is 0 Å². The van der Waals surface area contributed by atoms with Crippen molar-refractivity contribution in [2.24, 2.45) is 0 Å². The smallest absolute Gasteiger partial charge is 0.273 e. The predicted molar refractivity (Wildman–Crippen MR) is 91.7 cm³/mol. The highest BCUT2D eigenvalue weighted by atomic mass is 32.2. The third kappa shape index (κ3) is 3.99. The van der Waals surface area contributed by atoms with Gasteiger partial charge in [0.2, 0.25) is 15.9 Å². The maximum Gasteiger partial charge on any atom is 0.273 e. The largest absolute Gasteiger partial charge is 0.321 e. The maximum absolute atomic E-state index is 12.6. The van der Waals surface area contributed by atoms with E-state index < -0.39 is 15.9 Å². The molecule has 1 fully saturated rings. The molecule has 134 valence electrons. The van der Waals surface area contributed by atoms with Crippen LogP contribution in [0.5, 0.6) is 0 Å². The minimum Gasteiger partial charge on any atom is -0.321 e. The molecule has 0 saturated carbocycles. The number of benzene rings is 1. The Balaban J connectivity index is 1.68. The van der Waals surface area contributed by atoms with Crippen LogP contribution in [0, 0.1) is 0 Å². The Bertz CT molecular complexity index is 796. The number of sulfonamides is 1. The van der Waals surface area contributed by atoms with E-state index in [2.05, 4.69) is 16.2 Å². The zero-order valence-electron chi connectivity index (χ0n) is 13.6. The fourth-order valence-electron chi connectivity index (χ4n) is 2.75. The van der Waals surface area contributed by atoms with E-state index in [1.807, 2.05) is 0 Å². The topological polar surface area (TPSA) is 108 Å². The average Bonchev–Trinajstić information content (AvgIpc) is 2.63. The van der Waals surface area contributed by atoms with E-state index >= 15 is 0 Å². The van der Waals surface area contributed by atoms with Gasteiger partial charge in [0.25, 0.3) is 5.91 Å². The van der Waals surface area contributed by atoms with Gasteiger partial charge in [-0.05, 0) is 43.2 Å². The predicted octanol–water partition coefficient (Wildman–Crippen LogP) is 0.708. The third-order valence-electron chi connectivity index (χ3n) is 4.14. The number of hydrogen-bond acceptors (Lipinski definition) is 5. The maximum atomic E-state index is 12.6. The van der Waals surface area contributed by atoms with Crippen LogP contribution in [-0.2, 0) is 19.6 Å². The Morgan fingerprint density at radius 1 is 1.04 bits per heavy atom. The molecule has 1 saturated heterocycles. The molecule has 0 aromatic heterocycles. The van der Waals surface area contributed by atoms with E-state index in [0.29, 0.717) is 18.8 Å². The van der Waals surface area contributed by atoms with Crippen LogP contribution in [0.4, 0.5) is 5.69 Å². The number of amides is 2. The van der Waals surface area contributed by atoms with Gasteiger partial charge in [-0.2, -0.15) is 4.31 Å². The highest BCUT2D eigenvalue weighted by Crippen LogP contribution is 2.22. The molecule has 2 amide bonds. The van der Waals surface area contributed by atoms with Gasteiger partial charge in [-0.1, -0.05) is 6.42 Å². The zero-order valence-corrected chi connectivity index (χ0v) is 14.4. The summed E-state index contributed by atoms with van der Waals surface area (Å²) in [5.74, 6) is -0.629. The first-order valence-electron chi connectivity index (χ1n) is 8.13. The monoisotopic (exact) mass is 364 g/mol. The average molecular weight is 364 g/mol. The van der Waals surface area contributed by atoms with Crippen LogP contribution in [0.2, 0.25) is 0 Å². The highest BCUT2D eigenvalue weighted by Gasteiger charge is 2.25. The fourth-order valence-corrected chi connectivity index (χ4v) is 4.26. The van der Waals surface area contributed by atoms with Crippen LogP contribution in [0.25, 0.3) is 0 Å². The molecule has 0 radical (unpaired) electrons. The molecule has 2 aliphatic heterocycles. The number of carbonyl (C=O) groups is 2. The molecule has 2 aliphatic rings. The van der Waals surface area contributed by atoms with Gasteiger partial charge in [-0.25, -0.2) is 8.42 Å². The summed E-state index contributed by atoms with van der Waals surface area (Å²) in [6, 6.07) is 6.08. The summed E-state index contributed by atoms with van der Waals surface area (Å²) < 4.78 is 26.7. The number of carbonyl (C=O) groups excluding carboxylic acids is 2. The van der Waals surface area contributed by atoms with Crippen molar-refractivity contribution in [2.45, 2.75) is 30.6 Å². The number of hydrogen-bond donors (Lipinski definition) is 3. The standard InChI is InChI=1S/C16H20N4O4S/c21-15-9-8-14(18-19-15)16(22)17-12-4-6-13(7-5-12)25(23,24)20-10-2-1-3-11-20/h4-8,18H,1-3,9-11H2,(H,17,22)(H,19,21). The molecule has 0 aliphatic carbocycles. The molecule has 25 heavy (non-hydrogen) atoms. The van der Waals surface area contributed by atoms with Crippen LogP contribution in [-0.4, -0.2) is 37.6 Å². The van der Waals surface area contributed by atoms with Crippen LogP contribution in [0.3, 0.4) is 0 Å². The summed E-state index contributed by atoms with van der Waals surface area (Å²) in [6.07, 6.45) is 4.44. The number of anilines is 1. The van der Waals surface area contributed by atoms with Crippen molar-refractivity contribution in [3.8, 4) is 0 Å². The van der Waals surface area contributed by atoms with Crippen molar-refractivity contribution in [1.82, 2.24) is 15.2 Å². The van der Waals surface area contributed by atoms with Gasteiger partial charge in [-0.3, -0.25) is 20.4 Å². The number of nitrogens with zero attached hydrogens (tertiary/aromatic N) is 1. The van der Waals surface area contributed by atoms with E-state index in [-0.39, 0.29) is 22.9 Å². The Hall–Kier alpha value is -2.39. The van der Waals surface area contributed by atoms with Crippen molar-refractivity contribution in [2.75, 3.05) is 18.4 Å².